The predicted octanol–water partition coefficient (Wildman–Crippen LogP) is 3.34. The van der Waals surface area contributed by atoms with E-state index in [1.165, 1.54) is 4.31 Å². The van der Waals surface area contributed by atoms with Gasteiger partial charge in [-0.15, -0.1) is 0 Å². The maximum atomic E-state index is 12.5. The van der Waals surface area contributed by atoms with Crippen LogP contribution in [-0.2, 0) is 10.0 Å². The van der Waals surface area contributed by atoms with Gasteiger partial charge in [0.1, 0.15) is 0 Å². The van der Waals surface area contributed by atoms with Crippen LogP contribution in [0.5, 0.6) is 0 Å². The topological polar surface area (TPSA) is 37.4 Å². The van der Waals surface area contributed by atoms with Gasteiger partial charge in [-0.25, -0.2) is 8.42 Å². The summed E-state index contributed by atoms with van der Waals surface area (Å²) in [6.07, 6.45) is 0. The van der Waals surface area contributed by atoms with E-state index in [-0.39, 0.29) is 0 Å². The van der Waals surface area contributed by atoms with Gasteiger partial charge in [0.15, 0.2) is 0 Å². The number of rotatable bonds is 5. The van der Waals surface area contributed by atoms with Gasteiger partial charge in [-0.05, 0) is 47.5 Å². The molecule has 0 saturated heterocycles. The smallest absolute Gasteiger partial charge is 0.207 e. The number of nitrogens with zero attached hydrogens (tertiary/aromatic N) is 1. The largest absolute Gasteiger partial charge is 0.244 e. The van der Waals surface area contributed by atoms with Crippen molar-refractivity contribution >= 4 is 26.0 Å². The number of benzene rings is 1. The SMILES string of the molecule is C=C(C)CN(CC)S(=O)(=O)c1cc(C)ccc1Br. The lowest BCUT2D eigenvalue weighted by Crippen LogP contribution is -2.32. The van der Waals surface area contributed by atoms with Gasteiger partial charge in [-0.3, -0.25) is 0 Å². The predicted molar refractivity (Wildman–Crippen MR) is 78.1 cm³/mol. The molecule has 0 spiro atoms. The number of sulfonamides is 1. The van der Waals surface area contributed by atoms with Crippen molar-refractivity contribution in [1.82, 2.24) is 4.31 Å². The van der Waals surface area contributed by atoms with Crippen LogP contribution in [0.2, 0.25) is 0 Å². The molecule has 0 fully saturated rings. The Morgan fingerprint density at radius 2 is 2.06 bits per heavy atom. The van der Waals surface area contributed by atoms with Crippen molar-refractivity contribution in [3.8, 4) is 0 Å². The molecule has 0 aliphatic heterocycles. The second-order valence-corrected chi connectivity index (χ2v) is 7.08. The van der Waals surface area contributed by atoms with Crippen molar-refractivity contribution in [2.75, 3.05) is 13.1 Å². The first-order valence-corrected chi connectivity index (χ1v) is 7.93. The molecule has 0 bridgehead atoms. The molecule has 0 unspecified atom stereocenters. The van der Waals surface area contributed by atoms with E-state index in [1.54, 1.807) is 12.1 Å². The van der Waals surface area contributed by atoms with E-state index in [9.17, 15) is 8.42 Å². The van der Waals surface area contributed by atoms with Gasteiger partial charge in [-0.2, -0.15) is 4.31 Å². The second-order valence-electron chi connectivity index (χ2n) is 4.32. The zero-order chi connectivity index (χ0) is 13.9. The molecule has 0 N–H and O–H groups in total. The van der Waals surface area contributed by atoms with E-state index < -0.39 is 10.0 Å². The summed E-state index contributed by atoms with van der Waals surface area (Å²) < 4.78 is 27.1. The first-order chi connectivity index (χ1) is 8.28. The van der Waals surface area contributed by atoms with Crippen LogP contribution in [0, 0.1) is 6.92 Å². The molecule has 1 aromatic rings. The number of likely N-dealkylation sites (N-methyl/N-ethyl adjacent to an activating group) is 1. The molecule has 5 heteroatoms. The summed E-state index contributed by atoms with van der Waals surface area (Å²) in [6.45, 7) is 10.1. The zero-order valence-corrected chi connectivity index (χ0v) is 13.3. The third kappa shape index (κ3) is 3.43. The lowest BCUT2D eigenvalue weighted by Gasteiger charge is -2.21. The Bertz CT molecular complexity index is 552. The van der Waals surface area contributed by atoms with Gasteiger partial charge < -0.3 is 0 Å². The van der Waals surface area contributed by atoms with E-state index in [2.05, 4.69) is 22.5 Å². The highest BCUT2D eigenvalue weighted by molar-refractivity contribution is 9.10. The first-order valence-electron chi connectivity index (χ1n) is 5.69. The first kappa shape index (κ1) is 15.4. The van der Waals surface area contributed by atoms with Crippen LogP contribution in [0.25, 0.3) is 0 Å². The van der Waals surface area contributed by atoms with Gasteiger partial charge in [0.25, 0.3) is 0 Å². The minimum absolute atomic E-state index is 0.311. The number of aryl methyl sites for hydroxylation is 1. The fourth-order valence-corrected chi connectivity index (χ4v) is 4.13. The van der Waals surface area contributed by atoms with E-state index >= 15 is 0 Å². The Morgan fingerprint density at radius 3 is 2.56 bits per heavy atom. The van der Waals surface area contributed by atoms with Crippen LogP contribution in [0.15, 0.2) is 39.7 Å². The monoisotopic (exact) mass is 331 g/mol. The van der Waals surface area contributed by atoms with Crippen molar-refractivity contribution in [2.24, 2.45) is 0 Å². The molecule has 100 valence electrons. The van der Waals surface area contributed by atoms with Crippen LogP contribution in [-0.4, -0.2) is 25.8 Å². The lowest BCUT2D eigenvalue weighted by atomic mass is 10.2. The van der Waals surface area contributed by atoms with E-state index in [4.69, 9.17) is 0 Å². The molecule has 0 amide bonds. The number of hydrogen-bond acceptors (Lipinski definition) is 2. The van der Waals surface area contributed by atoms with Gasteiger partial charge in [0.2, 0.25) is 10.0 Å². The Labute approximate surface area is 118 Å². The highest BCUT2D eigenvalue weighted by atomic mass is 79.9. The third-order valence-electron chi connectivity index (χ3n) is 2.50. The molecule has 1 aromatic carbocycles. The summed E-state index contributed by atoms with van der Waals surface area (Å²) in [5.41, 5.74) is 1.74. The number of hydrogen-bond donors (Lipinski definition) is 0. The Hall–Kier alpha value is -0.650. The molecule has 0 radical (unpaired) electrons. The molecule has 0 atom stereocenters. The van der Waals surface area contributed by atoms with Crippen molar-refractivity contribution in [1.29, 1.82) is 0 Å². The summed E-state index contributed by atoms with van der Waals surface area (Å²) >= 11 is 3.30. The Balaban J connectivity index is 3.26. The van der Waals surface area contributed by atoms with Crippen LogP contribution >= 0.6 is 15.9 Å². The third-order valence-corrected chi connectivity index (χ3v) is 5.42. The Morgan fingerprint density at radius 1 is 1.44 bits per heavy atom. The normalized spacial score (nSPS) is 11.8. The summed E-state index contributed by atoms with van der Waals surface area (Å²) in [7, 11) is -3.47. The minimum Gasteiger partial charge on any atom is -0.207 e. The summed E-state index contributed by atoms with van der Waals surface area (Å²) in [4.78, 5) is 0.311. The lowest BCUT2D eigenvalue weighted by molar-refractivity contribution is 0.452. The van der Waals surface area contributed by atoms with Crippen LogP contribution in [0.3, 0.4) is 0 Å². The second kappa shape index (κ2) is 5.99. The van der Waals surface area contributed by atoms with Crippen LogP contribution in [0.4, 0.5) is 0 Å². The van der Waals surface area contributed by atoms with Gasteiger partial charge in [-0.1, -0.05) is 25.1 Å². The molecule has 0 heterocycles. The van der Waals surface area contributed by atoms with E-state index in [1.807, 2.05) is 26.8 Å². The maximum Gasteiger partial charge on any atom is 0.244 e. The summed E-state index contributed by atoms with van der Waals surface area (Å²) in [6, 6.07) is 5.31. The molecular formula is C13H18BrNO2S. The standard InChI is InChI=1S/C13H18BrNO2S/c1-5-15(9-10(2)3)18(16,17)13-8-11(4)6-7-12(13)14/h6-8H,2,5,9H2,1,3-4H3. The highest BCUT2D eigenvalue weighted by Gasteiger charge is 2.25. The van der Waals surface area contributed by atoms with Gasteiger partial charge in [0, 0.05) is 17.6 Å². The molecule has 0 aliphatic carbocycles. The minimum atomic E-state index is -3.47. The van der Waals surface area contributed by atoms with Crippen LogP contribution in [0.1, 0.15) is 19.4 Å². The Kier molecular flexibility index (Phi) is 5.13. The van der Waals surface area contributed by atoms with Gasteiger partial charge in [0.05, 0.1) is 4.90 Å². The molecular weight excluding hydrogens is 314 g/mol. The van der Waals surface area contributed by atoms with E-state index in [0.29, 0.717) is 22.5 Å². The van der Waals surface area contributed by atoms with Crippen molar-refractivity contribution in [2.45, 2.75) is 25.7 Å². The molecule has 3 nitrogen and oxygen atoms in total. The van der Waals surface area contributed by atoms with E-state index in [0.717, 1.165) is 11.1 Å². The molecule has 0 saturated carbocycles. The summed E-state index contributed by atoms with van der Waals surface area (Å²) in [5.74, 6) is 0. The highest BCUT2D eigenvalue weighted by Crippen LogP contribution is 2.26. The van der Waals surface area contributed by atoms with Gasteiger partial charge >= 0.3 is 0 Å². The fourth-order valence-electron chi connectivity index (χ4n) is 1.62. The van der Waals surface area contributed by atoms with Crippen molar-refractivity contribution in [3.05, 3.63) is 40.4 Å². The molecule has 0 aromatic heterocycles. The molecule has 1 rings (SSSR count). The van der Waals surface area contributed by atoms with Crippen LogP contribution < -0.4 is 0 Å². The maximum absolute atomic E-state index is 12.5. The average Bonchev–Trinajstić information content (AvgIpc) is 2.28. The zero-order valence-electron chi connectivity index (χ0n) is 10.9. The quantitative estimate of drug-likeness (QED) is 0.776. The molecule has 18 heavy (non-hydrogen) atoms. The van der Waals surface area contributed by atoms with Crippen molar-refractivity contribution in [3.63, 3.8) is 0 Å². The molecule has 0 aliphatic rings. The summed E-state index contributed by atoms with van der Waals surface area (Å²) in [5, 5.41) is 0. The fraction of sp³-hybridized carbons (Fsp3) is 0.385. The van der Waals surface area contributed by atoms with Crippen molar-refractivity contribution < 1.29 is 8.42 Å². The average molecular weight is 332 g/mol. The number of halogens is 1.